The number of rotatable bonds is 18. The molecule has 0 unspecified atom stereocenters. The third-order valence-corrected chi connectivity index (χ3v) is 4.79. The standard InChI is InChI=1S/C20H36Cl2O4/c21-17-13-9-5-1-3-7-11-15-19(23)25-26-20(24)16-12-8-4-2-6-10-14-18-22/h1-18H2. The monoisotopic (exact) mass is 410 g/mol. The van der Waals surface area contributed by atoms with Crippen LogP contribution < -0.4 is 0 Å². The summed E-state index contributed by atoms with van der Waals surface area (Å²) in [5.74, 6) is 0.554. The van der Waals surface area contributed by atoms with Crippen molar-refractivity contribution in [2.45, 2.75) is 103 Å². The minimum Gasteiger partial charge on any atom is -0.247 e. The smallest absolute Gasteiger partial charge is 0.247 e. The van der Waals surface area contributed by atoms with E-state index in [9.17, 15) is 9.59 Å². The molecule has 0 aliphatic heterocycles. The van der Waals surface area contributed by atoms with E-state index in [1.54, 1.807) is 0 Å². The summed E-state index contributed by atoms with van der Waals surface area (Å²) in [7, 11) is 0. The van der Waals surface area contributed by atoms with Gasteiger partial charge in [-0.3, -0.25) is 0 Å². The van der Waals surface area contributed by atoms with Crippen molar-refractivity contribution < 1.29 is 19.4 Å². The Hall–Kier alpha value is -0.480. The van der Waals surface area contributed by atoms with E-state index in [2.05, 4.69) is 9.78 Å². The number of alkyl halides is 2. The molecule has 0 bridgehead atoms. The zero-order valence-electron chi connectivity index (χ0n) is 16.1. The van der Waals surface area contributed by atoms with Crippen LogP contribution in [0, 0.1) is 0 Å². The molecule has 154 valence electrons. The van der Waals surface area contributed by atoms with Crippen LogP contribution in [0.25, 0.3) is 0 Å². The van der Waals surface area contributed by atoms with E-state index in [0.717, 1.165) is 63.1 Å². The summed E-state index contributed by atoms with van der Waals surface area (Å²) in [4.78, 5) is 32.1. The van der Waals surface area contributed by atoms with Crippen LogP contribution in [0.2, 0.25) is 0 Å². The van der Waals surface area contributed by atoms with Gasteiger partial charge in [0.15, 0.2) is 0 Å². The number of halogens is 2. The zero-order chi connectivity index (χ0) is 19.3. The third kappa shape index (κ3) is 19.8. The summed E-state index contributed by atoms with van der Waals surface area (Å²) in [6, 6.07) is 0. The van der Waals surface area contributed by atoms with Gasteiger partial charge in [-0.15, -0.1) is 23.2 Å². The Morgan fingerprint density at radius 1 is 0.462 bits per heavy atom. The first-order valence-corrected chi connectivity index (χ1v) is 11.3. The lowest BCUT2D eigenvalue weighted by Gasteiger charge is -2.04. The maximum atomic E-state index is 11.5. The highest BCUT2D eigenvalue weighted by molar-refractivity contribution is 6.18. The van der Waals surface area contributed by atoms with Crippen LogP contribution in [0.4, 0.5) is 0 Å². The second-order valence-electron chi connectivity index (χ2n) is 6.74. The Kier molecular flexibility index (Phi) is 20.4. The molecule has 0 saturated carbocycles. The van der Waals surface area contributed by atoms with Gasteiger partial charge in [0, 0.05) is 11.8 Å². The van der Waals surface area contributed by atoms with E-state index >= 15 is 0 Å². The molecule has 0 radical (unpaired) electrons. The van der Waals surface area contributed by atoms with E-state index in [4.69, 9.17) is 23.2 Å². The molecule has 0 spiro atoms. The predicted molar refractivity (Wildman–Crippen MR) is 107 cm³/mol. The molecule has 4 nitrogen and oxygen atoms in total. The van der Waals surface area contributed by atoms with Crippen molar-refractivity contribution in [1.82, 2.24) is 0 Å². The van der Waals surface area contributed by atoms with Crippen LogP contribution in [-0.2, 0) is 19.4 Å². The van der Waals surface area contributed by atoms with Gasteiger partial charge >= 0.3 is 11.9 Å². The summed E-state index contributed by atoms with van der Waals surface area (Å²) in [5, 5.41) is 0. The van der Waals surface area contributed by atoms with Crippen LogP contribution in [0.5, 0.6) is 0 Å². The molecule has 0 aromatic rings. The largest absolute Gasteiger partial charge is 0.355 e. The van der Waals surface area contributed by atoms with Crippen molar-refractivity contribution in [1.29, 1.82) is 0 Å². The summed E-state index contributed by atoms with van der Waals surface area (Å²) in [6.07, 6.45) is 15.6. The molecule has 0 aromatic carbocycles. The van der Waals surface area contributed by atoms with Crippen molar-refractivity contribution in [3.63, 3.8) is 0 Å². The average Bonchev–Trinajstić information content (AvgIpc) is 2.64. The fourth-order valence-corrected chi connectivity index (χ4v) is 3.05. The van der Waals surface area contributed by atoms with Crippen LogP contribution in [0.15, 0.2) is 0 Å². The van der Waals surface area contributed by atoms with E-state index in [0.29, 0.717) is 12.8 Å². The zero-order valence-corrected chi connectivity index (χ0v) is 17.6. The lowest BCUT2D eigenvalue weighted by Crippen LogP contribution is -2.11. The number of hydrogen-bond donors (Lipinski definition) is 0. The number of unbranched alkanes of at least 4 members (excludes halogenated alkanes) is 12. The fourth-order valence-electron chi connectivity index (χ4n) is 2.67. The van der Waals surface area contributed by atoms with Gasteiger partial charge in [0.05, 0.1) is 12.8 Å². The van der Waals surface area contributed by atoms with Crippen LogP contribution in [-0.4, -0.2) is 23.7 Å². The second-order valence-corrected chi connectivity index (χ2v) is 7.49. The van der Waals surface area contributed by atoms with Gasteiger partial charge in [0.2, 0.25) is 0 Å². The van der Waals surface area contributed by atoms with Gasteiger partial charge < -0.3 is 0 Å². The summed E-state index contributed by atoms with van der Waals surface area (Å²) in [6.45, 7) is 0. The highest BCUT2D eigenvalue weighted by Crippen LogP contribution is 2.11. The minimum absolute atomic E-state index is 0.303. The quantitative estimate of drug-likeness (QED) is 0.109. The first kappa shape index (κ1) is 25.5. The lowest BCUT2D eigenvalue weighted by molar-refractivity contribution is -0.259. The van der Waals surface area contributed by atoms with Gasteiger partial charge in [-0.2, -0.15) is 0 Å². The van der Waals surface area contributed by atoms with Crippen molar-refractivity contribution in [2.24, 2.45) is 0 Å². The minimum atomic E-state index is -0.459. The Bertz CT molecular complexity index is 306. The molecule has 0 heterocycles. The van der Waals surface area contributed by atoms with Crippen molar-refractivity contribution >= 4 is 35.1 Å². The van der Waals surface area contributed by atoms with Gasteiger partial charge in [-0.05, 0) is 25.7 Å². The number of carbonyl (C=O) groups excluding carboxylic acids is 2. The van der Waals surface area contributed by atoms with E-state index < -0.39 is 11.9 Å². The third-order valence-electron chi connectivity index (χ3n) is 4.26. The van der Waals surface area contributed by atoms with Gasteiger partial charge in [-0.25, -0.2) is 19.4 Å². The summed E-state index contributed by atoms with van der Waals surface area (Å²) >= 11 is 11.2. The molecular weight excluding hydrogens is 375 g/mol. The molecule has 0 aliphatic rings. The molecule has 0 rings (SSSR count). The lowest BCUT2D eigenvalue weighted by atomic mass is 10.1. The first-order valence-electron chi connectivity index (χ1n) is 10.2. The predicted octanol–water partition coefficient (Wildman–Crippen LogP) is 6.71. The molecule has 26 heavy (non-hydrogen) atoms. The molecule has 6 heteroatoms. The van der Waals surface area contributed by atoms with Crippen LogP contribution in [0.3, 0.4) is 0 Å². The first-order chi connectivity index (χ1) is 12.7. The van der Waals surface area contributed by atoms with Gasteiger partial charge in [0.25, 0.3) is 0 Å². The normalized spacial score (nSPS) is 10.7. The van der Waals surface area contributed by atoms with E-state index in [1.807, 2.05) is 0 Å². The Labute approximate surface area is 169 Å². The fraction of sp³-hybridized carbons (Fsp3) is 0.900. The molecule has 0 fully saturated rings. The SMILES string of the molecule is O=C(CCCCCCCCCCl)OOC(=O)CCCCCCCCCCl. The highest BCUT2D eigenvalue weighted by atomic mass is 35.5. The number of carbonyl (C=O) groups is 2. The van der Waals surface area contributed by atoms with Crippen molar-refractivity contribution in [2.75, 3.05) is 11.8 Å². The average molecular weight is 411 g/mol. The molecule has 0 N–H and O–H groups in total. The van der Waals surface area contributed by atoms with Crippen molar-refractivity contribution in [3.8, 4) is 0 Å². The molecule has 0 aromatic heterocycles. The molecule has 0 atom stereocenters. The van der Waals surface area contributed by atoms with Crippen LogP contribution >= 0.6 is 23.2 Å². The summed E-state index contributed by atoms with van der Waals surface area (Å²) < 4.78 is 0. The summed E-state index contributed by atoms with van der Waals surface area (Å²) in [5.41, 5.74) is 0. The van der Waals surface area contributed by atoms with Crippen LogP contribution in [0.1, 0.15) is 103 Å². The second kappa shape index (κ2) is 20.8. The maximum absolute atomic E-state index is 11.5. The van der Waals surface area contributed by atoms with E-state index in [1.165, 1.54) is 38.5 Å². The van der Waals surface area contributed by atoms with Gasteiger partial charge in [0.1, 0.15) is 0 Å². The number of hydrogen-bond acceptors (Lipinski definition) is 4. The molecule has 0 amide bonds. The Morgan fingerprint density at radius 2 is 0.731 bits per heavy atom. The highest BCUT2D eigenvalue weighted by Gasteiger charge is 2.09. The van der Waals surface area contributed by atoms with Crippen molar-refractivity contribution in [3.05, 3.63) is 0 Å². The Balaban J connectivity index is 3.33. The molecule has 0 aliphatic carbocycles. The molecule has 0 saturated heterocycles. The van der Waals surface area contributed by atoms with E-state index in [-0.39, 0.29) is 0 Å². The topological polar surface area (TPSA) is 52.6 Å². The Morgan fingerprint density at radius 3 is 1.04 bits per heavy atom. The molecular formula is C20H36Cl2O4. The van der Waals surface area contributed by atoms with Gasteiger partial charge in [-0.1, -0.05) is 64.2 Å². The maximum Gasteiger partial charge on any atom is 0.355 e.